The van der Waals surface area contributed by atoms with Gasteiger partial charge in [-0.1, -0.05) is 41.6 Å². The van der Waals surface area contributed by atoms with Gasteiger partial charge < -0.3 is 9.84 Å². The molecule has 1 amide bonds. The zero-order chi connectivity index (χ0) is 18.6. The first-order chi connectivity index (χ1) is 13.2. The molecule has 4 rings (SSSR count). The van der Waals surface area contributed by atoms with Crippen LogP contribution in [0, 0.1) is 6.92 Å². The van der Waals surface area contributed by atoms with Gasteiger partial charge in [0.05, 0.1) is 17.2 Å². The van der Waals surface area contributed by atoms with Crippen LogP contribution in [0.2, 0.25) is 0 Å². The Morgan fingerprint density at radius 2 is 1.89 bits per heavy atom. The molecule has 0 spiro atoms. The maximum atomic E-state index is 12.1. The monoisotopic (exact) mass is 376 g/mol. The Hall–Kier alpha value is -3.32. The first kappa shape index (κ1) is 17.1. The molecule has 0 atom stereocenters. The van der Waals surface area contributed by atoms with E-state index in [1.165, 1.54) is 0 Å². The molecule has 134 valence electrons. The number of aryl methyl sites for hydroxylation is 1. The Morgan fingerprint density at radius 1 is 1.07 bits per heavy atom. The van der Waals surface area contributed by atoms with Crippen molar-refractivity contribution in [3.63, 3.8) is 0 Å². The van der Waals surface area contributed by atoms with Gasteiger partial charge in [0.25, 0.3) is 5.91 Å². The molecule has 27 heavy (non-hydrogen) atoms. The first-order valence-electron chi connectivity index (χ1n) is 8.38. The number of hydrogen-bond donors (Lipinski definition) is 1. The second-order valence-corrected chi connectivity index (χ2v) is 6.96. The molecule has 2 aromatic carbocycles. The van der Waals surface area contributed by atoms with E-state index in [1.807, 2.05) is 54.8 Å². The van der Waals surface area contributed by atoms with E-state index in [0.29, 0.717) is 17.3 Å². The number of nitrogens with zero attached hydrogens (tertiary/aromatic N) is 3. The van der Waals surface area contributed by atoms with Crippen molar-refractivity contribution in [3.05, 3.63) is 76.4 Å². The van der Waals surface area contributed by atoms with Crippen LogP contribution in [0.15, 0.2) is 64.5 Å². The highest BCUT2D eigenvalue weighted by Crippen LogP contribution is 2.25. The lowest BCUT2D eigenvalue weighted by molar-refractivity contribution is 0.0946. The van der Waals surface area contributed by atoms with Gasteiger partial charge in [-0.15, -0.1) is 11.3 Å². The van der Waals surface area contributed by atoms with E-state index in [9.17, 15) is 4.79 Å². The SMILES string of the molecule is Cc1nc(-c2cccc(-c3noc(CNC(=O)c4ccccc4)n3)c2)cs1. The summed E-state index contributed by atoms with van der Waals surface area (Å²) in [7, 11) is 0. The molecule has 0 saturated heterocycles. The fourth-order valence-corrected chi connectivity index (χ4v) is 3.23. The van der Waals surface area contributed by atoms with E-state index in [4.69, 9.17) is 4.52 Å². The lowest BCUT2D eigenvalue weighted by Gasteiger charge is -2.01. The quantitative estimate of drug-likeness (QED) is 0.567. The summed E-state index contributed by atoms with van der Waals surface area (Å²) in [5.74, 6) is 0.646. The molecule has 1 N–H and O–H groups in total. The second-order valence-electron chi connectivity index (χ2n) is 5.89. The third kappa shape index (κ3) is 3.93. The van der Waals surface area contributed by atoms with Gasteiger partial charge in [0.2, 0.25) is 11.7 Å². The molecule has 0 fully saturated rings. The van der Waals surface area contributed by atoms with Crippen molar-refractivity contribution in [1.29, 1.82) is 0 Å². The lowest BCUT2D eigenvalue weighted by Crippen LogP contribution is -2.22. The van der Waals surface area contributed by atoms with Crippen molar-refractivity contribution in [1.82, 2.24) is 20.4 Å². The van der Waals surface area contributed by atoms with Crippen molar-refractivity contribution in [3.8, 4) is 22.6 Å². The van der Waals surface area contributed by atoms with Gasteiger partial charge in [-0.3, -0.25) is 4.79 Å². The number of carbonyl (C=O) groups excluding carboxylic acids is 1. The lowest BCUT2D eigenvalue weighted by atomic mass is 10.1. The predicted molar refractivity (Wildman–Crippen MR) is 103 cm³/mol. The highest BCUT2D eigenvalue weighted by Gasteiger charge is 2.12. The van der Waals surface area contributed by atoms with E-state index < -0.39 is 0 Å². The smallest absolute Gasteiger partial charge is 0.251 e. The van der Waals surface area contributed by atoms with Crippen molar-refractivity contribution < 1.29 is 9.32 Å². The molecule has 0 radical (unpaired) electrons. The molecule has 0 saturated carbocycles. The zero-order valence-corrected chi connectivity index (χ0v) is 15.4. The van der Waals surface area contributed by atoms with Crippen molar-refractivity contribution >= 4 is 17.2 Å². The largest absolute Gasteiger partial charge is 0.343 e. The number of amides is 1. The van der Waals surface area contributed by atoms with E-state index in [0.717, 1.165) is 21.8 Å². The van der Waals surface area contributed by atoms with Crippen LogP contribution in [-0.2, 0) is 6.54 Å². The Kier molecular flexibility index (Phi) is 4.76. The highest BCUT2D eigenvalue weighted by molar-refractivity contribution is 7.09. The topological polar surface area (TPSA) is 80.9 Å². The van der Waals surface area contributed by atoms with Gasteiger partial charge in [0, 0.05) is 22.1 Å². The van der Waals surface area contributed by atoms with Crippen molar-refractivity contribution in [2.75, 3.05) is 0 Å². The standard InChI is InChI=1S/C20H16N4O2S/c1-13-22-17(12-27-13)15-8-5-9-16(10-15)19-23-18(26-24-19)11-21-20(25)14-6-3-2-4-7-14/h2-10,12H,11H2,1H3,(H,21,25). The fourth-order valence-electron chi connectivity index (χ4n) is 2.61. The van der Waals surface area contributed by atoms with Crippen LogP contribution in [0.4, 0.5) is 0 Å². The van der Waals surface area contributed by atoms with Gasteiger partial charge in [-0.25, -0.2) is 4.98 Å². The van der Waals surface area contributed by atoms with Gasteiger partial charge in [-0.2, -0.15) is 4.98 Å². The van der Waals surface area contributed by atoms with Gasteiger partial charge in [0.15, 0.2) is 0 Å². The van der Waals surface area contributed by atoms with Gasteiger partial charge in [-0.05, 0) is 25.1 Å². The molecular weight excluding hydrogens is 360 g/mol. The second kappa shape index (κ2) is 7.51. The molecule has 0 aliphatic heterocycles. The zero-order valence-electron chi connectivity index (χ0n) is 14.5. The molecule has 7 heteroatoms. The fraction of sp³-hybridized carbons (Fsp3) is 0.100. The third-order valence-electron chi connectivity index (χ3n) is 3.94. The maximum absolute atomic E-state index is 12.1. The molecule has 0 bridgehead atoms. The molecule has 0 unspecified atom stereocenters. The Morgan fingerprint density at radius 3 is 2.67 bits per heavy atom. The van der Waals surface area contributed by atoms with Crippen LogP contribution in [-0.4, -0.2) is 21.0 Å². The number of thiazole rings is 1. The molecule has 2 aromatic heterocycles. The molecule has 0 aliphatic rings. The van der Waals surface area contributed by atoms with Gasteiger partial charge >= 0.3 is 0 Å². The minimum atomic E-state index is -0.184. The van der Waals surface area contributed by atoms with E-state index in [2.05, 4.69) is 20.4 Å². The van der Waals surface area contributed by atoms with Crippen LogP contribution < -0.4 is 5.32 Å². The first-order valence-corrected chi connectivity index (χ1v) is 9.26. The van der Waals surface area contributed by atoms with E-state index >= 15 is 0 Å². The minimum Gasteiger partial charge on any atom is -0.343 e. The van der Waals surface area contributed by atoms with Gasteiger partial charge in [0.1, 0.15) is 0 Å². The van der Waals surface area contributed by atoms with Crippen LogP contribution >= 0.6 is 11.3 Å². The summed E-state index contributed by atoms with van der Waals surface area (Å²) in [5, 5.41) is 9.84. The van der Waals surface area contributed by atoms with E-state index in [1.54, 1.807) is 23.5 Å². The predicted octanol–water partition coefficient (Wildman–Crippen LogP) is 4.10. The average molecular weight is 376 g/mol. The summed E-state index contributed by atoms with van der Waals surface area (Å²) in [6, 6.07) is 16.8. The van der Waals surface area contributed by atoms with Crippen molar-refractivity contribution in [2.45, 2.75) is 13.5 Å². The molecule has 4 aromatic rings. The van der Waals surface area contributed by atoms with Crippen LogP contribution in [0.25, 0.3) is 22.6 Å². The molecular formula is C20H16N4O2S. The minimum absolute atomic E-state index is 0.172. The summed E-state index contributed by atoms with van der Waals surface area (Å²) in [6.45, 7) is 2.15. The maximum Gasteiger partial charge on any atom is 0.251 e. The molecule has 0 aliphatic carbocycles. The number of nitrogens with one attached hydrogen (secondary N) is 1. The van der Waals surface area contributed by atoms with Crippen LogP contribution in [0.5, 0.6) is 0 Å². The Balaban J connectivity index is 1.47. The molecule has 6 nitrogen and oxygen atoms in total. The summed E-state index contributed by atoms with van der Waals surface area (Å²) in [5.41, 5.74) is 3.35. The number of rotatable bonds is 5. The summed E-state index contributed by atoms with van der Waals surface area (Å²) < 4.78 is 5.27. The third-order valence-corrected chi connectivity index (χ3v) is 4.71. The number of hydrogen-bond acceptors (Lipinski definition) is 6. The molecule has 2 heterocycles. The van der Waals surface area contributed by atoms with Crippen LogP contribution in [0.3, 0.4) is 0 Å². The Bertz CT molecular complexity index is 1070. The summed E-state index contributed by atoms with van der Waals surface area (Å²) in [4.78, 5) is 21.0. The summed E-state index contributed by atoms with van der Waals surface area (Å²) >= 11 is 1.61. The number of aromatic nitrogens is 3. The average Bonchev–Trinajstić information content (AvgIpc) is 3.36. The van der Waals surface area contributed by atoms with E-state index in [-0.39, 0.29) is 12.5 Å². The van der Waals surface area contributed by atoms with Crippen LogP contribution in [0.1, 0.15) is 21.3 Å². The summed E-state index contributed by atoms with van der Waals surface area (Å²) in [6.07, 6.45) is 0. The highest BCUT2D eigenvalue weighted by atomic mass is 32.1. The number of carbonyl (C=O) groups is 1. The number of benzene rings is 2. The van der Waals surface area contributed by atoms with Crippen molar-refractivity contribution in [2.24, 2.45) is 0 Å². The Labute approximate surface area is 159 Å². The normalized spacial score (nSPS) is 10.7.